The first-order chi connectivity index (χ1) is 12.7. The predicted octanol–water partition coefficient (Wildman–Crippen LogP) is 1.94. The molecule has 1 amide bonds. The lowest BCUT2D eigenvalue weighted by Crippen LogP contribution is -2.48. The van der Waals surface area contributed by atoms with Gasteiger partial charge in [0, 0.05) is 44.8 Å². The van der Waals surface area contributed by atoms with Crippen molar-refractivity contribution in [2.45, 2.75) is 0 Å². The van der Waals surface area contributed by atoms with Crippen LogP contribution in [-0.2, 0) is 0 Å². The van der Waals surface area contributed by atoms with Gasteiger partial charge in [0.15, 0.2) is 5.82 Å². The molecular weight excluding hydrogens is 330 g/mol. The van der Waals surface area contributed by atoms with Crippen molar-refractivity contribution in [3.8, 4) is 11.6 Å². The number of phenolic OH excluding ortho intramolecular Hbond substituents is 1. The van der Waals surface area contributed by atoms with Crippen LogP contribution in [0.15, 0.2) is 61.1 Å². The Morgan fingerprint density at radius 1 is 1.00 bits per heavy atom. The second kappa shape index (κ2) is 6.87. The summed E-state index contributed by atoms with van der Waals surface area (Å²) in [4.78, 5) is 20.9. The van der Waals surface area contributed by atoms with Crippen molar-refractivity contribution in [1.82, 2.24) is 19.7 Å². The van der Waals surface area contributed by atoms with Gasteiger partial charge in [0.25, 0.3) is 5.91 Å². The molecule has 1 N–H and O–H groups in total. The van der Waals surface area contributed by atoms with Crippen LogP contribution in [0.4, 0.5) is 5.69 Å². The molecule has 0 spiro atoms. The number of hydrogen-bond donors (Lipinski definition) is 1. The molecule has 7 heteroatoms. The number of amides is 1. The van der Waals surface area contributed by atoms with E-state index < -0.39 is 0 Å². The topological polar surface area (TPSA) is 74.5 Å². The summed E-state index contributed by atoms with van der Waals surface area (Å²) in [6, 6.07) is 12.7. The fourth-order valence-electron chi connectivity index (χ4n) is 3.12. The molecule has 7 nitrogen and oxygen atoms in total. The molecule has 3 heterocycles. The summed E-state index contributed by atoms with van der Waals surface area (Å²) in [6.45, 7) is 2.58. The highest BCUT2D eigenvalue weighted by Gasteiger charge is 2.23. The van der Waals surface area contributed by atoms with E-state index in [2.05, 4.69) is 15.0 Å². The van der Waals surface area contributed by atoms with Crippen LogP contribution in [-0.4, -0.2) is 56.9 Å². The molecule has 4 rings (SSSR count). The fourth-order valence-corrected chi connectivity index (χ4v) is 3.12. The van der Waals surface area contributed by atoms with Crippen LogP contribution in [0.1, 0.15) is 10.4 Å². The van der Waals surface area contributed by atoms with Gasteiger partial charge in [0.1, 0.15) is 5.75 Å². The van der Waals surface area contributed by atoms with Crippen molar-refractivity contribution in [2.75, 3.05) is 31.1 Å². The molecule has 0 atom stereocenters. The maximum Gasteiger partial charge on any atom is 0.255 e. The minimum atomic E-state index is -0.0264. The maximum absolute atomic E-state index is 12.7. The minimum absolute atomic E-state index is 0.0264. The largest absolute Gasteiger partial charge is 0.506 e. The lowest BCUT2D eigenvalue weighted by atomic mass is 10.2. The van der Waals surface area contributed by atoms with E-state index in [9.17, 15) is 9.90 Å². The minimum Gasteiger partial charge on any atom is -0.506 e. The molecule has 0 radical (unpaired) electrons. The van der Waals surface area contributed by atoms with E-state index in [1.165, 1.54) is 0 Å². The number of carbonyl (C=O) groups is 1. The number of phenols is 1. The van der Waals surface area contributed by atoms with Crippen LogP contribution in [0, 0.1) is 0 Å². The fraction of sp³-hybridized carbons (Fsp3) is 0.211. The van der Waals surface area contributed by atoms with Gasteiger partial charge in [-0.2, -0.15) is 5.10 Å². The second-order valence-corrected chi connectivity index (χ2v) is 6.12. The number of hydrogen-bond acceptors (Lipinski definition) is 5. The van der Waals surface area contributed by atoms with Gasteiger partial charge >= 0.3 is 0 Å². The summed E-state index contributed by atoms with van der Waals surface area (Å²) in [5, 5.41) is 14.1. The van der Waals surface area contributed by atoms with Gasteiger partial charge in [0.05, 0.1) is 11.3 Å². The number of para-hydroxylation sites is 2. The maximum atomic E-state index is 12.7. The number of aromatic hydroxyl groups is 1. The Morgan fingerprint density at radius 3 is 2.46 bits per heavy atom. The van der Waals surface area contributed by atoms with Gasteiger partial charge in [-0.25, -0.2) is 9.67 Å². The lowest BCUT2D eigenvalue weighted by Gasteiger charge is -2.36. The molecule has 132 valence electrons. The monoisotopic (exact) mass is 349 g/mol. The van der Waals surface area contributed by atoms with Crippen LogP contribution in [0.2, 0.25) is 0 Å². The Morgan fingerprint density at radius 2 is 1.81 bits per heavy atom. The van der Waals surface area contributed by atoms with Gasteiger partial charge < -0.3 is 14.9 Å². The van der Waals surface area contributed by atoms with Crippen LogP contribution < -0.4 is 4.90 Å². The van der Waals surface area contributed by atoms with Gasteiger partial charge in [-0.05, 0) is 30.3 Å². The molecule has 1 fully saturated rings. The smallest absolute Gasteiger partial charge is 0.255 e. The second-order valence-electron chi connectivity index (χ2n) is 6.12. The molecule has 26 heavy (non-hydrogen) atoms. The zero-order valence-electron chi connectivity index (χ0n) is 14.2. The highest BCUT2D eigenvalue weighted by atomic mass is 16.3. The molecule has 0 bridgehead atoms. The molecule has 1 aliphatic heterocycles. The SMILES string of the molecule is O=C(c1ccc(-n2cccn2)nc1)N1CCN(c2ccccc2O)CC1. The number of benzene rings is 1. The van der Waals surface area contributed by atoms with E-state index in [-0.39, 0.29) is 11.7 Å². The van der Waals surface area contributed by atoms with Crippen molar-refractivity contribution < 1.29 is 9.90 Å². The van der Waals surface area contributed by atoms with E-state index >= 15 is 0 Å². The Bertz CT molecular complexity index is 885. The van der Waals surface area contributed by atoms with Gasteiger partial charge in [-0.15, -0.1) is 0 Å². The summed E-state index contributed by atoms with van der Waals surface area (Å²) < 4.78 is 1.65. The molecule has 1 saturated heterocycles. The van der Waals surface area contributed by atoms with Crippen molar-refractivity contribution in [1.29, 1.82) is 0 Å². The number of nitrogens with zero attached hydrogens (tertiary/aromatic N) is 5. The number of rotatable bonds is 3. The first-order valence-corrected chi connectivity index (χ1v) is 8.51. The van der Waals surface area contributed by atoms with E-state index in [1.54, 1.807) is 41.3 Å². The number of anilines is 1. The predicted molar refractivity (Wildman–Crippen MR) is 97.6 cm³/mol. The first-order valence-electron chi connectivity index (χ1n) is 8.51. The third kappa shape index (κ3) is 3.11. The van der Waals surface area contributed by atoms with Crippen LogP contribution in [0.5, 0.6) is 5.75 Å². The average molecular weight is 349 g/mol. The third-order valence-electron chi connectivity index (χ3n) is 4.52. The van der Waals surface area contributed by atoms with Crippen molar-refractivity contribution >= 4 is 11.6 Å². The lowest BCUT2D eigenvalue weighted by molar-refractivity contribution is 0.0746. The summed E-state index contributed by atoms with van der Waals surface area (Å²) in [6.07, 6.45) is 5.08. The summed E-state index contributed by atoms with van der Waals surface area (Å²) >= 11 is 0. The average Bonchev–Trinajstić information content (AvgIpc) is 3.23. The molecule has 1 aromatic carbocycles. The summed E-state index contributed by atoms with van der Waals surface area (Å²) in [5.74, 6) is 0.919. The van der Waals surface area contributed by atoms with Gasteiger partial charge in [-0.3, -0.25) is 4.79 Å². The Kier molecular flexibility index (Phi) is 4.27. The van der Waals surface area contributed by atoms with Crippen molar-refractivity contribution in [2.24, 2.45) is 0 Å². The van der Waals surface area contributed by atoms with E-state index in [0.29, 0.717) is 37.6 Å². The highest BCUT2D eigenvalue weighted by Crippen LogP contribution is 2.27. The molecule has 2 aromatic heterocycles. The molecular formula is C19H19N5O2. The van der Waals surface area contributed by atoms with Crippen molar-refractivity contribution in [3.05, 3.63) is 66.6 Å². The zero-order valence-corrected chi connectivity index (χ0v) is 14.2. The quantitative estimate of drug-likeness (QED) is 0.782. The molecule has 1 aliphatic rings. The Balaban J connectivity index is 1.41. The number of pyridine rings is 1. The van der Waals surface area contributed by atoms with Gasteiger partial charge in [-0.1, -0.05) is 12.1 Å². The number of carbonyl (C=O) groups excluding carboxylic acids is 1. The van der Waals surface area contributed by atoms with E-state index in [1.807, 2.05) is 29.3 Å². The van der Waals surface area contributed by atoms with E-state index in [4.69, 9.17) is 0 Å². The molecule has 0 saturated carbocycles. The first kappa shape index (κ1) is 16.1. The Labute approximate surface area is 151 Å². The summed E-state index contributed by atoms with van der Waals surface area (Å²) in [5.41, 5.74) is 1.38. The van der Waals surface area contributed by atoms with Crippen molar-refractivity contribution in [3.63, 3.8) is 0 Å². The van der Waals surface area contributed by atoms with Crippen LogP contribution in [0.25, 0.3) is 5.82 Å². The number of aromatic nitrogens is 3. The highest BCUT2D eigenvalue weighted by molar-refractivity contribution is 5.94. The number of piperazine rings is 1. The molecule has 0 unspecified atom stereocenters. The van der Waals surface area contributed by atoms with Crippen LogP contribution >= 0.6 is 0 Å². The van der Waals surface area contributed by atoms with E-state index in [0.717, 1.165) is 5.69 Å². The molecule has 3 aromatic rings. The standard InChI is InChI=1S/C19H19N5O2/c25-17-5-2-1-4-16(17)22-10-12-23(13-11-22)19(26)15-6-7-18(20-14-15)24-9-3-8-21-24/h1-9,14,25H,10-13H2. The Hall–Kier alpha value is -3.35. The summed E-state index contributed by atoms with van der Waals surface area (Å²) in [7, 11) is 0. The normalized spacial score (nSPS) is 14.5. The third-order valence-corrected chi connectivity index (χ3v) is 4.52. The zero-order chi connectivity index (χ0) is 17.9. The van der Waals surface area contributed by atoms with Crippen LogP contribution in [0.3, 0.4) is 0 Å². The molecule has 0 aliphatic carbocycles. The van der Waals surface area contributed by atoms with Gasteiger partial charge in [0.2, 0.25) is 0 Å².